The van der Waals surface area contributed by atoms with Crippen LogP contribution >= 0.6 is 0 Å². The summed E-state index contributed by atoms with van der Waals surface area (Å²) in [6.07, 6.45) is 13.6. The molecule has 2 N–H and O–H groups in total. The zero-order valence-corrected chi connectivity index (χ0v) is 22.1. The van der Waals surface area contributed by atoms with Gasteiger partial charge in [-0.3, -0.25) is 4.79 Å². The highest BCUT2D eigenvalue weighted by Crippen LogP contribution is 2.69. The van der Waals surface area contributed by atoms with Crippen molar-refractivity contribution >= 4 is 11.7 Å². The molecule has 5 rings (SSSR count). The van der Waals surface area contributed by atoms with Crippen LogP contribution in [0.25, 0.3) is 0 Å². The second-order valence-electron chi connectivity index (χ2n) is 12.4. The largest absolute Gasteiger partial charge is 0.387 e. The Morgan fingerprint density at radius 2 is 1.97 bits per heavy atom. The van der Waals surface area contributed by atoms with E-state index >= 15 is 0 Å². The molecular formula is C29H42N4O3. The number of nitrogens with one attached hydrogen (secondary N) is 1. The van der Waals surface area contributed by atoms with Crippen LogP contribution in [0, 0.1) is 51.8 Å². The van der Waals surface area contributed by atoms with Gasteiger partial charge >= 0.3 is 0 Å². The fraction of sp³-hybridized carbons (Fsp3) is 0.793. The van der Waals surface area contributed by atoms with Gasteiger partial charge in [0.05, 0.1) is 24.6 Å². The van der Waals surface area contributed by atoms with Gasteiger partial charge in [0.2, 0.25) is 5.91 Å². The molecule has 0 aromatic carbocycles. The van der Waals surface area contributed by atoms with Gasteiger partial charge in [0.25, 0.3) is 0 Å². The summed E-state index contributed by atoms with van der Waals surface area (Å²) in [5, 5.41) is 23.2. The smallest absolute Gasteiger partial charge is 0.229 e. The van der Waals surface area contributed by atoms with Crippen LogP contribution in [-0.2, 0) is 9.53 Å². The van der Waals surface area contributed by atoms with E-state index in [0.29, 0.717) is 48.1 Å². The van der Waals surface area contributed by atoms with Crippen LogP contribution in [0.5, 0.6) is 0 Å². The lowest BCUT2D eigenvalue weighted by molar-refractivity contribution is -0.173. The summed E-state index contributed by atoms with van der Waals surface area (Å²) in [5.41, 5.74) is -0.0857. The number of fused-ring (bicyclic) bond motifs is 5. The fourth-order valence-electron chi connectivity index (χ4n) is 9.35. The summed E-state index contributed by atoms with van der Waals surface area (Å²) in [6, 6.07) is 1.97. The molecule has 8 atom stereocenters. The quantitative estimate of drug-likeness (QED) is 0.569. The lowest BCUT2D eigenvalue weighted by atomic mass is 9.42. The number of ether oxygens (including phenoxy) is 1. The first-order valence-electron chi connectivity index (χ1n) is 14.1. The predicted octanol–water partition coefficient (Wildman–Crippen LogP) is 5.10. The maximum absolute atomic E-state index is 13.4. The Bertz CT molecular complexity index is 1010. The number of hydrogen-bond acceptors (Lipinski definition) is 6. The SMILES string of the molecule is CCOC[C@@]1(O)CC[C@@]2(CC)[C@H](CC[C@H]3[C@@H]4CC[C@H](C(=O)Nc5cnc(C#N)cn5)[C@@]4(C)CC[C@@H]32)C1. The highest BCUT2D eigenvalue weighted by Gasteiger charge is 2.63. The Kier molecular flexibility index (Phi) is 6.89. The van der Waals surface area contributed by atoms with Crippen LogP contribution in [0.15, 0.2) is 12.4 Å². The maximum atomic E-state index is 13.4. The number of anilines is 1. The highest BCUT2D eigenvalue weighted by atomic mass is 16.5. The van der Waals surface area contributed by atoms with Crippen molar-refractivity contribution in [3.8, 4) is 6.07 Å². The molecule has 1 heterocycles. The third kappa shape index (κ3) is 4.15. The van der Waals surface area contributed by atoms with Gasteiger partial charge in [-0.25, -0.2) is 9.97 Å². The number of nitriles is 1. The molecule has 1 amide bonds. The normalized spacial score (nSPS) is 41.5. The van der Waals surface area contributed by atoms with Gasteiger partial charge in [0, 0.05) is 12.5 Å². The van der Waals surface area contributed by atoms with Gasteiger partial charge in [-0.15, -0.1) is 0 Å². The second kappa shape index (κ2) is 9.68. The van der Waals surface area contributed by atoms with Crippen LogP contribution in [0.2, 0.25) is 0 Å². The number of carbonyl (C=O) groups excluding carboxylic acids is 1. The summed E-state index contributed by atoms with van der Waals surface area (Å²) in [4.78, 5) is 21.7. The van der Waals surface area contributed by atoms with E-state index in [1.54, 1.807) is 0 Å². The number of aromatic nitrogens is 2. The van der Waals surface area contributed by atoms with Crippen LogP contribution in [0.3, 0.4) is 0 Å². The molecule has 1 aromatic rings. The molecule has 36 heavy (non-hydrogen) atoms. The van der Waals surface area contributed by atoms with Gasteiger partial charge in [-0.05, 0) is 106 Å². The average molecular weight is 495 g/mol. The molecule has 7 heteroatoms. The van der Waals surface area contributed by atoms with Gasteiger partial charge in [-0.2, -0.15) is 5.26 Å². The van der Waals surface area contributed by atoms with Crippen LogP contribution in [-0.4, -0.2) is 39.8 Å². The molecule has 0 saturated heterocycles. The van der Waals surface area contributed by atoms with E-state index in [9.17, 15) is 9.90 Å². The van der Waals surface area contributed by atoms with Gasteiger partial charge in [-0.1, -0.05) is 13.8 Å². The Morgan fingerprint density at radius 3 is 2.67 bits per heavy atom. The van der Waals surface area contributed by atoms with Crippen LogP contribution < -0.4 is 5.32 Å². The third-order valence-electron chi connectivity index (χ3n) is 11.1. The molecule has 4 aliphatic rings. The first-order valence-corrected chi connectivity index (χ1v) is 14.1. The molecule has 4 aliphatic carbocycles. The number of hydrogen-bond donors (Lipinski definition) is 2. The van der Waals surface area contributed by atoms with Gasteiger partial charge in [0.1, 0.15) is 6.07 Å². The summed E-state index contributed by atoms with van der Waals surface area (Å²) in [7, 11) is 0. The Balaban J connectivity index is 1.31. The van der Waals surface area contributed by atoms with E-state index in [1.165, 1.54) is 38.1 Å². The number of amides is 1. The maximum Gasteiger partial charge on any atom is 0.229 e. The number of rotatable bonds is 6. The van der Waals surface area contributed by atoms with E-state index in [2.05, 4.69) is 29.1 Å². The predicted molar refractivity (Wildman–Crippen MR) is 137 cm³/mol. The topological polar surface area (TPSA) is 108 Å². The molecule has 0 radical (unpaired) electrons. The van der Waals surface area contributed by atoms with Crippen molar-refractivity contribution < 1.29 is 14.6 Å². The van der Waals surface area contributed by atoms with Gasteiger partial charge < -0.3 is 15.2 Å². The minimum absolute atomic E-state index is 0.0113. The molecule has 196 valence electrons. The standard InChI is InChI=1S/C29H42N4O3/c1-4-29-13-12-28(35,18-36-5-2)14-19(29)6-7-21-22-8-9-24(27(22,3)11-10-23(21)29)26(34)33-25-17-31-20(15-30)16-32-25/h16-17,19,21-24,35H,4-14,18H2,1-3H3,(H,32,33,34)/t19-,21+,22+,23+,24-,27+,28-,29+/m1/s1. The molecule has 0 unspecified atom stereocenters. The zero-order valence-electron chi connectivity index (χ0n) is 22.1. The second-order valence-corrected chi connectivity index (χ2v) is 12.4. The minimum Gasteiger partial charge on any atom is -0.387 e. The third-order valence-corrected chi connectivity index (χ3v) is 11.1. The van der Waals surface area contributed by atoms with E-state index in [-0.39, 0.29) is 22.9 Å². The van der Waals surface area contributed by atoms with Crippen LogP contribution in [0.1, 0.15) is 90.7 Å². The van der Waals surface area contributed by atoms with Crippen molar-refractivity contribution in [3.05, 3.63) is 18.1 Å². The minimum atomic E-state index is -0.666. The molecule has 0 spiro atoms. The van der Waals surface area contributed by atoms with E-state index in [4.69, 9.17) is 10.00 Å². The van der Waals surface area contributed by atoms with Crippen molar-refractivity contribution in [2.45, 2.75) is 90.6 Å². The van der Waals surface area contributed by atoms with Crippen molar-refractivity contribution in [3.63, 3.8) is 0 Å². The van der Waals surface area contributed by atoms with Gasteiger partial charge in [0.15, 0.2) is 11.5 Å². The number of nitrogens with zero attached hydrogens (tertiary/aromatic N) is 3. The summed E-state index contributed by atoms with van der Waals surface area (Å²) in [6.45, 7) is 7.86. The zero-order chi connectivity index (χ0) is 25.6. The lowest BCUT2D eigenvalue weighted by Gasteiger charge is -2.63. The van der Waals surface area contributed by atoms with Crippen molar-refractivity contribution in [2.75, 3.05) is 18.5 Å². The first-order chi connectivity index (χ1) is 17.3. The number of carbonyl (C=O) groups is 1. The van der Waals surface area contributed by atoms with E-state index < -0.39 is 5.60 Å². The molecular weight excluding hydrogens is 452 g/mol. The van der Waals surface area contributed by atoms with E-state index in [1.807, 2.05) is 13.0 Å². The average Bonchev–Trinajstić information content (AvgIpc) is 3.25. The fourth-order valence-corrected chi connectivity index (χ4v) is 9.35. The number of aliphatic hydroxyl groups is 1. The molecule has 0 aliphatic heterocycles. The molecule has 1 aromatic heterocycles. The van der Waals surface area contributed by atoms with Crippen LogP contribution in [0.4, 0.5) is 5.82 Å². The first kappa shape index (κ1) is 25.6. The van der Waals surface area contributed by atoms with E-state index in [0.717, 1.165) is 38.5 Å². The Hall–Kier alpha value is -2.04. The molecule has 0 bridgehead atoms. The lowest BCUT2D eigenvalue weighted by Crippen LogP contribution is -2.58. The van der Waals surface area contributed by atoms with Crippen molar-refractivity contribution in [1.29, 1.82) is 5.26 Å². The summed E-state index contributed by atoms with van der Waals surface area (Å²) in [5.74, 6) is 2.98. The highest BCUT2D eigenvalue weighted by molar-refractivity contribution is 5.92. The Morgan fingerprint density at radius 1 is 1.14 bits per heavy atom. The summed E-state index contributed by atoms with van der Waals surface area (Å²) >= 11 is 0. The monoisotopic (exact) mass is 494 g/mol. The molecule has 4 saturated carbocycles. The van der Waals surface area contributed by atoms with Crippen molar-refractivity contribution in [2.24, 2.45) is 40.4 Å². The molecule has 7 nitrogen and oxygen atoms in total. The summed E-state index contributed by atoms with van der Waals surface area (Å²) < 4.78 is 5.68. The Labute approximate surface area is 215 Å². The van der Waals surface area contributed by atoms with Crippen molar-refractivity contribution in [1.82, 2.24) is 9.97 Å². The molecule has 4 fully saturated rings.